The number of aliphatic hydroxyl groups excluding tert-OH is 2. The monoisotopic (exact) mass is 556 g/mol. The molecule has 5 nitrogen and oxygen atoms in total. The lowest BCUT2D eigenvalue weighted by molar-refractivity contribution is -0.344. The Kier molecular flexibility index (Phi) is 31.7. The van der Waals surface area contributed by atoms with Gasteiger partial charge in [-0.05, 0) is 25.8 Å². The van der Waals surface area contributed by atoms with E-state index in [1.165, 1.54) is 141 Å². The number of unbranched alkanes of at least 4 members (excludes halogenated alkanes) is 24. The molecule has 0 saturated heterocycles. The van der Waals surface area contributed by atoms with Crippen LogP contribution in [0.3, 0.4) is 0 Å². The second-order valence-electron chi connectivity index (χ2n) is 11.8. The molecule has 3 unspecified atom stereocenters. The summed E-state index contributed by atoms with van der Waals surface area (Å²) < 4.78 is 0. The minimum absolute atomic E-state index is 0.687. The Bertz CT molecular complexity index is 488. The lowest BCUT2D eigenvalue weighted by atomic mass is 10.0. The van der Waals surface area contributed by atoms with Gasteiger partial charge in [-0.2, -0.15) is 0 Å². The van der Waals surface area contributed by atoms with Crippen LogP contribution in [-0.2, 0) is 4.89 Å². The molecule has 0 bridgehead atoms. The third-order valence-corrected chi connectivity index (χ3v) is 8.00. The van der Waals surface area contributed by atoms with Crippen LogP contribution in [-0.4, -0.2) is 40.5 Å². The summed E-state index contributed by atoms with van der Waals surface area (Å²) in [5, 5.41) is 32.6. The van der Waals surface area contributed by atoms with Gasteiger partial charge in [0.25, 0.3) is 0 Å². The van der Waals surface area contributed by atoms with Crippen LogP contribution in [0.5, 0.6) is 0 Å². The topological polar surface area (TPSA) is 82.0 Å². The zero-order valence-electron chi connectivity index (χ0n) is 26.2. The minimum atomic E-state index is -1.45. The van der Waals surface area contributed by atoms with E-state index in [9.17, 15) is 10.2 Å². The largest absolute Gasteiger partial charge is 0.387 e. The van der Waals surface area contributed by atoms with Gasteiger partial charge >= 0.3 is 0 Å². The van der Waals surface area contributed by atoms with Crippen LogP contribution in [0, 0.1) is 0 Å². The molecule has 0 aromatic heterocycles. The summed E-state index contributed by atoms with van der Waals surface area (Å²) in [5.41, 5.74) is 0. The van der Waals surface area contributed by atoms with Gasteiger partial charge in [-0.1, -0.05) is 174 Å². The van der Waals surface area contributed by atoms with Crippen molar-refractivity contribution < 1.29 is 20.4 Å². The number of hydrogen-bond acceptors (Lipinski definition) is 5. The van der Waals surface area contributed by atoms with Gasteiger partial charge in [0.2, 0.25) is 6.29 Å². The molecule has 0 fully saturated rings. The van der Waals surface area contributed by atoms with Gasteiger partial charge in [-0.25, -0.2) is 10.1 Å². The van der Waals surface area contributed by atoms with E-state index < -0.39 is 18.4 Å². The van der Waals surface area contributed by atoms with Gasteiger partial charge in [-0.15, -0.1) is 0 Å². The molecule has 0 amide bonds. The average molecular weight is 556 g/mol. The molecule has 0 spiro atoms. The molecule has 4 N–H and O–H groups in total. The molecule has 39 heavy (non-hydrogen) atoms. The van der Waals surface area contributed by atoms with Crippen LogP contribution in [0.25, 0.3) is 0 Å². The SMILES string of the molecule is CCCCCCCCCCCCCC=CC(O)C(NCCCCCCCCCCCCCCCC)C(O)OO. The first-order chi connectivity index (χ1) is 19.2. The van der Waals surface area contributed by atoms with E-state index in [1.807, 2.05) is 6.08 Å². The molecule has 0 aromatic carbocycles. The Hall–Kier alpha value is -0.460. The molecule has 0 rings (SSSR count). The van der Waals surface area contributed by atoms with Gasteiger partial charge < -0.3 is 15.5 Å². The Labute approximate surface area is 243 Å². The molecule has 0 aliphatic carbocycles. The standard InChI is InChI=1S/C34H69NO4/c1-3-5-7-9-11-13-15-17-19-21-23-25-27-29-31-35-33(34(37)39-38)32(36)30-28-26-24-22-20-18-16-14-12-10-8-6-4-2/h28,30,32-38H,3-27,29,31H2,1-2H3. The van der Waals surface area contributed by atoms with E-state index >= 15 is 0 Å². The summed E-state index contributed by atoms with van der Waals surface area (Å²) >= 11 is 0. The second kappa shape index (κ2) is 32.1. The van der Waals surface area contributed by atoms with Crippen LogP contribution in [0.15, 0.2) is 12.2 Å². The molecule has 0 aliphatic rings. The van der Waals surface area contributed by atoms with Gasteiger partial charge in [0.05, 0.1) is 12.1 Å². The zero-order valence-corrected chi connectivity index (χ0v) is 26.2. The number of hydrogen-bond donors (Lipinski definition) is 4. The van der Waals surface area contributed by atoms with E-state index in [0.29, 0.717) is 6.54 Å². The van der Waals surface area contributed by atoms with Crippen LogP contribution in [0.2, 0.25) is 0 Å². The normalized spacial score (nSPS) is 14.3. The summed E-state index contributed by atoms with van der Waals surface area (Å²) in [6.45, 7) is 5.22. The van der Waals surface area contributed by atoms with Gasteiger partial charge in [-0.3, -0.25) is 0 Å². The van der Waals surface area contributed by atoms with E-state index in [-0.39, 0.29) is 0 Å². The Morgan fingerprint density at radius 3 is 1.28 bits per heavy atom. The maximum Gasteiger partial charge on any atom is 0.206 e. The average Bonchev–Trinajstić information content (AvgIpc) is 2.94. The van der Waals surface area contributed by atoms with Crippen molar-refractivity contribution >= 4 is 0 Å². The Morgan fingerprint density at radius 1 is 0.538 bits per heavy atom. The highest BCUT2D eigenvalue weighted by atomic mass is 17.1. The predicted molar refractivity (Wildman–Crippen MR) is 168 cm³/mol. The van der Waals surface area contributed by atoms with Crippen molar-refractivity contribution in [3.8, 4) is 0 Å². The number of nitrogens with one attached hydrogen (secondary N) is 1. The first-order valence-corrected chi connectivity index (χ1v) is 17.2. The van der Waals surface area contributed by atoms with Crippen LogP contribution in [0.1, 0.15) is 181 Å². The van der Waals surface area contributed by atoms with E-state index in [0.717, 1.165) is 25.7 Å². The van der Waals surface area contributed by atoms with Crippen molar-refractivity contribution in [2.75, 3.05) is 6.54 Å². The molecular weight excluding hydrogens is 486 g/mol. The maximum absolute atomic E-state index is 10.5. The highest BCUT2D eigenvalue weighted by molar-refractivity contribution is 4.96. The summed E-state index contributed by atoms with van der Waals surface area (Å²) in [5.74, 6) is 0. The summed E-state index contributed by atoms with van der Waals surface area (Å²) in [6, 6.07) is -0.731. The fourth-order valence-corrected chi connectivity index (χ4v) is 5.33. The number of aliphatic hydroxyl groups is 2. The quantitative estimate of drug-likeness (QED) is 0.0218. The van der Waals surface area contributed by atoms with Gasteiger partial charge in [0, 0.05) is 0 Å². The smallest absolute Gasteiger partial charge is 0.206 e. The van der Waals surface area contributed by atoms with E-state index in [4.69, 9.17) is 5.26 Å². The molecule has 0 aliphatic heterocycles. The first-order valence-electron chi connectivity index (χ1n) is 17.2. The predicted octanol–water partition coefficient (Wildman–Crippen LogP) is 9.85. The van der Waals surface area contributed by atoms with Gasteiger partial charge in [0.1, 0.15) is 0 Å². The number of rotatable bonds is 32. The molecule has 0 heterocycles. The molecule has 0 saturated carbocycles. The molecule has 5 heteroatoms. The van der Waals surface area contributed by atoms with Crippen LogP contribution >= 0.6 is 0 Å². The van der Waals surface area contributed by atoms with Crippen molar-refractivity contribution in [3.63, 3.8) is 0 Å². The number of allylic oxidation sites excluding steroid dienone is 1. The Morgan fingerprint density at radius 2 is 0.897 bits per heavy atom. The third kappa shape index (κ3) is 27.5. The van der Waals surface area contributed by atoms with Gasteiger partial charge in [0.15, 0.2) is 0 Å². The lowest BCUT2D eigenvalue weighted by Crippen LogP contribution is -2.49. The van der Waals surface area contributed by atoms with Crippen molar-refractivity contribution in [1.82, 2.24) is 5.32 Å². The third-order valence-electron chi connectivity index (χ3n) is 8.00. The second-order valence-corrected chi connectivity index (χ2v) is 11.8. The highest BCUT2D eigenvalue weighted by Gasteiger charge is 2.25. The molecule has 0 aromatic rings. The lowest BCUT2D eigenvalue weighted by Gasteiger charge is -2.25. The fraction of sp³-hybridized carbons (Fsp3) is 0.941. The summed E-state index contributed by atoms with van der Waals surface area (Å²) in [6.07, 6.45) is 35.3. The summed E-state index contributed by atoms with van der Waals surface area (Å²) in [7, 11) is 0. The van der Waals surface area contributed by atoms with Crippen molar-refractivity contribution in [1.29, 1.82) is 0 Å². The Balaban J connectivity index is 3.73. The molecule has 234 valence electrons. The van der Waals surface area contributed by atoms with Crippen molar-refractivity contribution in [3.05, 3.63) is 12.2 Å². The first kappa shape index (κ1) is 38.5. The molecule has 3 atom stereocenters. The molecule has 0 radical (unpaired) electrons. The summed E-state index contributed by atoms with van der Waals surface area (Å²) in [4.78, 5) is 4.13. The van der Waals surface area contributed by atoms with Crippen molar-refractivity contribution in [2.24, 2.45) is 0 Å². The maximum atomic E-state index is 10.5. The van der Waals surface area contributed by atoms with Crippen LogP contribution < -0.4 is 5.32 Å². The van der Waals surface area contributed by atoms with E-state index in [2.05, 4.69) is 24.1 Å². The zero-order chi connectivity index (χ0) is 28.7. The van der Waals surface area contributed by atoms with Crippen LogP contribution in [0.4, 0.5) is 0 Å². The fourth-order valence-electron chi connectivity index (χ4n) is 5.33. The highest BCUT2D eigenvalue weighted by Crippen LogP contribution is 2.14. The molecular formula is C34H69NO4. The van der Waals surface area contributed by atoms with Crippen molar-refractivity contribution in [2.45, 2.75) is 199 Å². The minimum Gasteiger partial charge on any atom is -0.387 e. The van der Waals surface area contributed by atoms with E-state index in [1.54, 1.807) is 6.08 Å².